The number of halogens is 1. The maximum absolute atomic E-state index is 13.3. The minimum absolute atomic E-state index is 0.0113. The van der Waals surface area contributed by atoms with E-state index in [9.17, 15) is 9.59 Å². The van der Waals surface area contributed by atoms with Crippen molar-refractivity contribution in [2.45, 2.75) is 69.5 Å². The molecular formula is C24H32ClN5O3. The average molecular weight is 474 g/mol. The van der Waals surface area contributed by atoms with Gasteiger partial charge in [-0.2, -0.15) is 0 Å². The zero-order valence-electron chi connectivity index (χ0n) is 19.1. The number of benzene rings is 1. The Morgan fingerprint density at radius 3 is 2.70 bits per heavy atom. The molecule has 1 N–H and O–H groups in total. The third kappa shape index (κ3) is 5.92. The van der Waals surface area contributed by atoms with Crippen molar-refractivity contribution in [2.75, 3.05) is 20.2 Å². The van der Waals surface area contributed by atoms with Crippen molar-refractivity contribution in [1.82, 2.24) is 25.2 Å². The molecule has 1 amide bonds. The molecule has 178 valence electrons. The van der Waals surface area contributed by atoms with Gasteiger partial charge >= 0.3 is 5.97 Å². The summed E-state index contributed by atoms with van der Waals surface area (Å²) in [4.78, 5) is 27.4. The summed E-state index contributed by atoms with van der Waals surface area (Å²) in [6.45, 7) is 1.29. The van der Waals surface area contributed by atoms with Gasteiger partial charge in [0.2, 0.25) is 5.91 Å². The van der Waals surface area contributed by atoms with Gasteiger partial charge < -0.3 is 10.1 Å². The molecule has 0 unspecified atom stereocenters. The molecule has 2 heterocycles. The summed E-state index contributed by atoms with van der Waals surface area (Å²) in [5, 5.41) is 12.0. The van der Waals surface area contributed by atoms with Gasteiger partial charge in [-0.05, 0) is 43.4 Å². The normalized spacial score (nSPS) is 22.1. The third-order valence-corrected chi connectivity index (χ3v) is 7.03. The molecule has 8 nitrogen and oxygen atoms in total. The predicted molar refractivity (Wildman–Crippen MR) is 125 cm³/mol. The first-order chi connectivity index (χ1) is 16.0. The molecule has 0 radical (unpaired) electrons. The number of likely N-dealkylation sites (tertiary alicyclic amines) is 1. The Morgan fingerprint density at radius 2 is 1.97 bits per heavy atom. The number of nitrogens with zero attached hydrogens (tertiary/aromatic N) is 4. The van der Waals surface area contributed by atoms with E-state index in [4.69, 9.17) is 16.3 Å². The van der Waals surface area contributed by atoms with Crippen LogP contribution >= 0.6 is 11.6 Å². The Balaban J connectivity index is 1.44. The van der Waals surface area contributed by atoms with Crippen molar-refractivity contribution in [1.29, 1.82) is 0 Å². The smallest absolute Gasteiger partial charge is 0.360 e. The summed E-state index contributed by atoms with van der Waals surface area (Å²) in [5.41, 5.74) is 1.29. The van der Waals surface area contributed by atoms with Crippen LogP contribution in [0.2, 0.25) is 5.02 Å². The highest BCUT2D eigenvalue weighted by Crippen LogP contribution is 2.33. The van der Waals surface area contributed by atoms with Crippen LogP contribution in [0.15, 0.2) is 30.5 Å². The molecule has 2 aromatic rings. The number of aromatic nitrogens is 3. The van der Waals surface area contributed by atoms with Crippen LogP contribution in [-0.2, 0) is 16.0 Å². The summed E-state index contributed by atoms with van der Waals surface area (Å²) < 4.78 is 6.47. The first-order valence-electron chi connectivity index (χ1n) is 11.8. The van der Waals surface area contributed by atoms with Crippen LogP contribution in [0.1, 0.15) is 67.0 Å². The highest BCUT2D eigenvalue weighted by atomic mass is 35.5. The van der Waals surface area contributed by atoms with Crippen LogP contribution in [-0.4, -0.2) is 64.1 Å². The zero-order chi connectivity index (χ0) is 23.2. The van der Waals surface area contributed by atoms with Crippen LogP contribution < -0.4 is 5.32 Å². The minimum atomic E-state index is -0.504. The molecule has 1 saturated heterocycles. The van der Waals surface area contributed by atoms with Gasteiger partial charge in [-0.25, -0.2) is 9.48 Å². The molecule has 2 atom stereocenters. The predicted octanol–water partition coefficient (Wildman–Crippen LogP) is 3.42. The van der Waals surface area contributed by atoms with E-state index >= 15 is 0 Å². The quantitative estimate of drug-likeness (QED) is 0.489. The Labute approximate surface area is 199 Å². The van der Waals surface area contributed by atoms with Crippen LogP contribution in [0.4, 0.5) is 0 Å². The maximum Gasteiger partial charge on any atom is 0.360 e. The van der Waals surface area contributed by atoms with Gasteiger partial charge in [-0.1, -0.05) is 54.6 Å². The second kappa shape index (κ2) is 11.1. The Kier molecular flexibility index (Phi) is 7.98. The van der Waals surface area contributed by atoms with Gasteiger partial charge in [-0.15, -0.1) is 5.10 Å². The van der Waals surface area contributed by atoms with Gasteiger partial charge in [-0.3, -0.25) is 9.69 Å². The molecule has 1 saturated carbocycles. The van der Waals surface area contributed by atoms with Gasteiger partial charge in [0.1, 0.15) is 0 Å². The molecule has 2 aliphatic rings. The van der Waals surface area contributed by atoms with Crippen LogP contribution in [0.3, 0.4) is 0 Å². The van der Waals surface area contributed by atoms with E-state index in [0.29, 0.717) is 24.0 Å². The van der Waals surface area contributed by atoms with Crippen LogP contribution in [0.5, 0.6) is 0 Å². The molecule has 1 aromatic carbocycles. The van der Waals surface area contributed by atoms with E-state index in [0.717, 1.165) is 31.4 Å². The summed E-state index contributed by atoms with van der Waals surface area (Å²) in [7, 11) is 1.33. The molecular weight excluding hydrogens is 442 g/mol. The fourth-order valence-corrected chi connectivity index (χ4v) is 5.29. The van der Waals surface area contributed by atoms with E-state index in [-0.39, 0.29) is 23.7 Å². The molecule has 4 rings (SSSR count). The van der Waals surface area contributed by atoms with Gasteiger partial charge in [0.05, 0.1) is 25.4 Å². The summed E-state index contributed by atoms with van der Waals surface area (Å²) in [6.07, 6.45) is 10.1. The Morgan fingerprint density at radius 1 is 1.18 bits per heavy atom. The van der Waals surface area contributed by atoms with E-state index in [2.05, 4.69) is 20.5 Å². The molecule has 1 aliphatic carbocycles. The number of hydrogen-bond acceptors (Lipinski definition) is 6. The molecule has 0 bridgehead atoms. The maximum atomic E-state index is 13.3. The zero-order valence-corrected chi connectivity index (χ0v) is 19.8. The lowest BCUT2D eigenvalue weighted by Crippen LogP contribution is -2.48. The number of nitrogens with one attached hydrogen (secondary N) is 1. The first-order valence-corrected chi connectivity index (χ1v) is 12.2. The molecule has 33 heavy (non-hydrogen) atoms. The number of amides is 1. The molecule has 1 aliphatic heterocycles. The van der Waals surface area contributed by atoms with Crippen LogP contribution in [0.25, 0.3) is 0 Å². The van der Waals surface area contributed by atoms with Gasteiger partial charge in [0.15, 0.2) is 5.69 Å². The van der Waals surface area contributed by atoms with E-state index < -0.39 is 5.97 Å². The topological polar surface area (TPSA) is 89.4 Å². The van der Waals surface area contributed by atoms with Crippen molar-refractivity contribution in [3.8, 4) is 0 Å². The SMILES string of the molecule is COC(=O)c1cn([C@@H]2C[C@@H](C(=O)NCCc3cccc(Cl)c3)N(C3CCCCCC3)C2)nn1. The summed E-state index contributed by atoms with van der Waals surface area (Å²) in [5.74, 6) is -0.452. The number of ether oxygens (including phenoxy) is 1. The number of hydrogen-bond donors (Lipinski definition) is 1. The Hall–Kier alpha value is -2.45. The lowest BCUT2D eigenvalue weighted by atomic mass is 10.1. The monoisotopic (exact) mass is 473 g/mol. The van der Waals surface area contributed by atoms with Crippen molar-refractivity contribution in [3.63, 3.8) is 0 Å². The van der Waals surface area contributed by atoms with E-state index in [1.165, 1.54) is 32.8 Å². The summed E-state index contributed by atoms with van der Waals surface area (Å²) in [6, 6.07) is 7.89. The molecule has 0 spiro atoms. The Bertz CT molecular complexity index is 957. The number of esters is 1. The largest absolute Gasteiger partial charge is 0.464 e. The second-order valence-corrected chi connectivity index (χ2v) is 9.43. The van der Waals surface area contributed by atoms with Crippen LogP contribution in [0, 0.1) is 0 Å². The van der Waals surface area contributed by atoms with Crippen molar-refractivity contribution >= 4 is 23.5 Å². The number of rotatable bonds is 7. The highest BCUT2D eigenvalue weighted by Gasteiger charge is 2.41. The third-order valence-electron chi connectivity index (χ3n) is 6.79. The molecule has 2 fully saturated rings. The standard InChI is InChI=1S/C24H32ClN5O3/c1-33-24(32)21-16-30(28-27-21)20-14-22(29(15-20)19-9-4-2-3-5-10-19)23(31)26-12-11-17-7-6-8-18(25)13-17/h6-8,13,16,19-20,22H,2-5,9-12,14-15H2,1H3,(H,26,31)/t20-,22+/m1/s1. The fourth-order valence-electron chi connectivity index (χ4n) is 5.07. The van der Waals surface area contributed by atoms with Crippen molar-refractivity contribution < 1.29 is 14.3 Å². The van der Waals surface area contributed by atoms with E-state index in [1.807, 2.05) is 24.3 Å². The summed E-state index contributed by atoms with van der Waals surface area (Å²) >= 11 is 6.08. The number of methoxy groups -OCH3 is 1. The first kappa shape index (κ1) is 23.7. The fraction of sp³-hybridized carbons (Fsp3) is 0.583. The van der Waals surface area contributed by atoms with Crippen molar-refractivity contribution in [2.24, 2.45) is 0 Å². The van der Waals surface area contributed by atoms with Gasteiger partial charge in [0.25, 0.3) is 0 Å². The minimum Gasteiger partial charge on any atom is -0.464 e. The highest BCUT2D eigenvalue weighted by molar-refractivity contribution is 6.30. The molecule has 9 heteroatoms. The lowest BCUT2D eigenvalue weighted by Gasteiger charge is -2.31. The average Bonchev–Trinajstić information content (AvgIpc) is 3.39. The second-order valence-electron chi connectivity index (χ2n) is 8.99. The number of carbonyl (C=O) groups is 2. The lowest BCUT2D eigenvalue weighted by molar-refractivity contribution is -0.126. The van der Waals surface area contributed by atoms with Crippen molar-refractivity contribution in [3.05, 3.63) is 46.7 Å². The van der Waals surface area contributed by atoms with Gasteiger partial charge in [0, 0.05) is 24.2 Å². The number of carbonyl (C=O) groups excluding carboxylic acids is 2. The van der Waals surface area contributed by atoms with E-state index in [1.54, 1.807) is 10.9 Å². The molecule has 1 aromatic heterocycles.